The molecule has 2 aromatic carbocycles. The van der Waals surface area contributed by atoms with Gasteiger partial charge >= 0.3 is 0 Å². The van der Waals surface area contributed by atoms with Crippen molar-refractivity contribution in [2.75, 3.05) is 40.4 Å². The van der Waals surface area contributed by atoms with E-state index in [4.69, 9.17) is 14.7 Å². The van der Waals surface area contributed by atoms with Gasteiger partial charge in [-0.15, -0.1) is 0 Å². The molecule has 30 heavy (non-hydrogen) atoms. The molecule has 0 bridgehead atoms. The molecule has 3 rings (SSSR count). The summed E-state index contributed by atoms with van der Waals surface area (Å²) in [5.74, 6) is 1.33. The minimum atomic E-state index is -0.0475. The highest BCUT2D eigenvalue weighted by molar-refractivity contribution is 5.99. The van der Waals surface area contributed by atoms with Crippen molar-refractivity contribution >= 4 is 12.0 Å². The minimum Gasteiger partial charge on any atom is -0.490 e. The summed E-state index contributed by atoms with van der Waals surface area (Å²) >= 11 is 0. The summed E-state index contributed by atoms with van der Waals surface area (Å²) in [7, 11) is 3.97. The number of amides is 1. The molecule has 1 heterocycles. The second-order valence-electron chi connectivity index (χ2n) is 7.40. The second-order valence-corrected chi connectivity index (χ2v) is 7.40. The van der Waals surface area contributed by atoms with Gasteiger partial charge in [-0.2, -0.15) is 5.26 Å². The molecule has 0 unspecified atom stereocenters. The van der Waals surface area contributed by atoms with Crippen molar-refractivity contribution in [1.82, 2.24) is 9.80 Å². The summed E-state index contributed by atoms with van der Waals surface area (Å²) in [4.78, 5) is 17.2. The molecule has 0 N–H and O–H groups in total. The average Bonchev–Trinajstić information content (AvgIpc) is 2.76. The van der Waals surface area contributed by atoms with E-state index in [0.717, 1.165) is 17.7 Å². The molecule has 0 fully saturated rings. The number of para-hydroxylation sites is 1. The van der Waals surface area contributed by atoms with Crippen molar-refractivity contribution < 1.29 is 14.3 Å². The van der Waals surface area contributed by atoms with Gasteiger partial charge in [0.1, 0.15) is 6.61 Å². The molecule has 0 atom stereocenters. The molecule has 0 radical (unpaired) electrons. The maximum atomic E-state index is 13.3. The number of benzene rings is 2. The summed E-state index contributed by atoms with van der Waals surface area (Å²) in [6, 6.07) is 15.2. The van der Waals surface area contributed by atoms with Crippen molar-refractivity contribution in [3.05, 3.63) is 64.7 Å². The molecule has 6 heteroatoms. The predicted octanol–water partition coefficient (Wildman–Crippen LogP) is 3.32. The Balaban J connectivity index is 1.83. The van der Waals surface area contributed by atoms with E-state index < -0.39 is 0 Å². The zero-order chi connectivity index (χ0) is 21.5. The van der Waals surface area contributed by atoms with Crippen LogP contribution in [0.15, 0.2) is 48.0 Å². The van der Waals surface area contributed by atoms with Crippen molar-refractivity contribution in [3.8, 4) is 17.6 Å². The lowest BCUT2D eigenvalue weighted by atomic mass is 10.1. The van der Waals surface area contributed by atoms with E-state index in [1.807, 2.05) is 62.3 Å². The molecule has 0 saturated heterocycles. The van der Waals surface area contributed by atoms with Crippen molar-refractivity contribution in [2.45, 2.75) is 13.5 Å². The Morgan fingerprint density at radius 3 is 2.60 bits per heavy atom. The van der Waals surface area contributed by atoms with Crippen molar-refractivity contribution in [3.63, 3.8) is 0 Å². The molecule has 0 spiro atoms. The molecule has 2 aromatic rings. The summed E-state index contributed by atoms with van der Waals surface area (Å²) in [5.41, 5.74) is 3.05. The van der Waals surface area contributed by atoms with Gasteiger partial charge in [0, 0.05) is 25.2 Å². The SMILES string of the molecule is CCOc1cccc2c1OCC(C(=O)N(CCN(C)C)Cc1ccc(C#N)cc1)=C2. The zero-order valence-electron chi connectivity index (χ0n) is 17.7. The van der Waals surface area contributed by atoms with Gasteiger partial charge in [-0.3, -0.25) is 4.79 Å². The maximum absolute atomic E-state index is 13.3. The average molecular weight is 405 g/mol. The standard InChI is InChI=1S/C24H27N3O3/c1-4-29-22-7-5-6-20-14-21(17-30-23(20)22)24(28)27(13-12-26(2)3)16-19-10-8-18(15-25)9-11-19/h5-11,14H,4,12-13,16-17H2,1-3H3. The van der Waals surface area contributed by atoms with Crippen molar-refractivity contribution in [2.24, 2.45) is 0 Å². The van der Waals surface area contributed by atoms with Crippen LogP contribution in [0, 0.1) is 11.3 Å². The van der Waals surface area contributed by atoms with Crippen LogP contribution in [0.1, 0.15) is 23.6 Å². The molecule has 1 aliphatic rings. The number of hydrogen-bond donors (Lipinski definition) is 0. The van der Waals surface area contributed by atoms with Gasteiger partial charge in [-0.05, 0) is 50.9 Å². The van der Waals surface area contributed by atoms with Crippen LogP contribution < -0.4 is 9.47 Å². The smallest absolute Gasteiger partial charge is 0.253 e. The Morgan fingerprint density at radius 1 is 1.17 bits per heavy atom. The van der Waals surface area contributed by atoms with Crippen LogP contribution in [0.4, 0.5) is 0 Å². The fraction of sp³-hybridized carbons (Fsp3) is 0.333. The monoisotopic (exact) mass is 405 g/mol. The molecular formula is C24H27N3O3. The van der Waals surface area contributed by atoms with Gasteiger partial charge < -0.3 is 19.3 Å². The van der Waals surface area contributed by atoms with E-state index in [0.29, 0.717) is 42.3 Å². The Hall–Kier alpha value is -3.30. The third-order valence-corrected chi connectivity index (χ3v) is 4.85. The van der Waals surface area contributed by atoms with Gasteiger partial charge in [0.15, 0.2) is 11.5 Å². The lowest BCUT2D eigenvalue weighted by Gasteiger charge is -2.27. The van der Waals surface area contributed by atoms with E-state index in [9.17, 15) is 4.79 Å². The highest BCUT2D eigenvalue weighted by Crippen LogP contribution is 2.36. The number of nitrogens with zero attached hydrogens (tertiary/aromatic N) is 3. The first-order valence-corrected chi connectivity index (χ1v) is 10.0. The molecule has 1 amide bonds. The van der Waals surface area contributed by atoms with E-state index in [-0.39, 0.29) is 12.5 Å². The van der Waals surface area contributed by atoms with Gasteiger partial charge in [0.25, 0.3) is 5.91 Å². The van der Waals surface area contributed by atoms with Gasteiger partial charge in [-0.1, -0.05) is 24.3 Å². The lowest BCUT2D eigenvalue weighted by Crippen LogP contribution is -2.38. The number of likely N-dealkylation sites (N-methyl/N-ethyl adjacent to an activating group) is 1. The first-order valence-electron chi connectivity index (χ1n) is 10.0. The Bertz CT molecular complexity index is 959. The van der Waals surface area contributed by atoms with E-state index in [2.05, 4.69) is 11.0 Å². The Labute approximate surface area is 177 Å². The third-order valence-electron chi connectivity index (χ3n) is 4.85. The van der Waals surface area contributed by atoms with Crippen LogP contribution in [-0.4, -0.2) is 56.1 Å². The van der Waals surface area contributed by atoms with Gasteiger partial charge in [-0.25, -0.2) is 0 Å². The van der Waals surface area contributed by atoms with Crippen molar-refractivity contribution in [1.29, 1.82) is 5.26 Å². The van der Waals surface area contributed by atoms with Crippen LogP contribution in [0.2, 0.25) is 0 Å². The number of carbonyl (C=O) groups excluding carboxylic acids is 1. The predicted molar refractivity (Wildman–Crippen MR) is 116 cm³/mol. The molecule has 0 aliphatic carbocycles. The zero-order valence-corrected chi connectivity index (χ0v) is 17.7. The second kappa shape index (κ2) is 9.95. The molecular weight excluding hydrogens is 378 g/mol. The molecule has 6 nitrogen and oxygen atoms in total. The van der Waals surface area contributed by atoms with Crippen LogP contribution in [0.3, 0.4) is 0 Å². The lowest BCUT2D eigenvalue weighted by molar-refractivity contribution is -0.128. The van der Waals surface area contributed by atoms with E-state index in [1.54, 1.807) is 12.1 Å². The number of hydrogen-bond acceptors (Lipinski definition) is 5. The first-order chi connectivity index (χ1) is 14.5. The highest BCUT2D eigenvalue weighted by atomic mass is 16.5. The fourth-order valence-electron chi connectivity index (χ4n) is 3.25. The summed E-state index contributed by atoms with van der Waals surface area (Å²) < 4.78 is 11.5. The van der Waals surface area contributed by atoms with E-state index in [1.165, 1.54) is 0 Å². The topological polar surface area (TPSA) is 65.8 Å². The maximum Gasteiger partial charge on any atom is 0.253 e. The number of fused-ring (bicyclic) bond motifs is 1. The normalized spacial score (nSPS) is 12.4. The van der Waals surface area contributed by atoms with Crippen LogP contribution in [0.5, 0.6) is 11.5 Å². The Kier molecular flexibility index (Phi) is 7.10. The molecule has 1 aliphatic heterocycles. The number of ether oxygens (including phenoxy) is 2. The largest absolute Gasteiger partial charge is 0.490 e. The van der Waals surface area contributed by atoms with Gasteiger partial charge in [0.2, 0.25) is 0 Å². The molecule has 0 saturated carbocycles. The number of nitriles is 1. The van der Waals surface area contributed by atoms with E-state index >= 15 is 0 Å². The third kappa shape index (κ3) is 5.19. The molecule has 0 aromatic heterocycles. The molecule has 156 valence electrons. The van der Waals surface area contributed by atoms with Crippen LogP contribution >= 0.6 is 0 Å². The van der Waals surface area contributed by atoms with Gasteiger partial charge in [0.05, 0.1) is 23.8 Å². The number of rotatable bonds is 8. The summed E-state index contributed by atoms with van der Waals surface area (Å²) in [5, 5.41) is 9.00. The summed E-state index contributed by atoms with van der Waals surface area (Å²) in [6.07, 6.45) is 1.89. The minimum absolute atomic E-state index is 0.0475. The summed E-state index contributed by atoms with van der Waals surface area (Å²) in [6.45, 7) is 4.51. The highest BCUT2D eigenvalue weighted by Gasteiger charge is 2.24. The fourth-order valence-corrected chi connectivity index (χ4v) is 3.25. The Morgan fingerprint density at radius 2 is 1.93 bits per heavy atom. The van der Waals surface area contributed by atoms with Crippen LogP contribution in [-0.2, 0) is 11.3 Å². The number of carbonyl (C=O) groups is 1. The quantitative estimate of drug-likeness (QED) is 0.674. The van der Waals surface area contributed by atoms with Crippen LogP contribution in [0.25, 0.3) is 6.08 Å². The first kappa shape index (κ1) is 21.4.